The van der Waals surface area contributed by atoms with E-state index in [4.69, 9.17) is 4.74 Å². The molecule has 1 aliphatic carbocycles. The van der Waals surface area contributed by atoms with Gasteiger partial charge in [0.1, 0.15) is 0 Å². The van der Waals surface area contributed by atoms with E-state index in [1.54, 1.807) is 0 Å². The van der Waals surface area contributed by atoms with Gasteiger partial charge in [-0.3, -0.25) is 4.79 Å². The molecule has 0 heterocycles. The molecule has 15 heavy (non-hydrogen) atoms. The van der Waals surface area contributed by atoms with E-state index in [-0.39, 0.29) is 25.4 Å². The number of carbonyl (C=O) groups is 1. The van der Waals surface area contributed by atoms with Gasteiger partial charge in [-0.05, 0) is 56.9 Å². The molecule has 0 spiro atoms. The maximum Gasteiger partial charge on any atom is 0.303 e. The van der Waals surface area contributed by atoms with Crippen molar-refractivity contribution in [3.63, 3.8) is 0 Å². The van der Waals surface area contributed by atoms with Crippen LogP contribution >= 0.6 is 0 Å². The summed E-state index contributed by atoms with van der Waals surface area (Å²) in [5.74, 6) is -0.228. The van der Waals surface area contributed by atoms with E-state index in [0.29, 0.717) is 0 Å². The number of hydrogen-bond donors (Lipinski definition) is 0. The molecule has 1 rings (SSSR count). The molecule has 0 amide bonds. The first-order valence-corrected chi connectivity index (χ1v) is 4.86. The number of hydrogen-bond acceptors (Lipinski definition) is 2. The molecular formula is C12H18O2Rh. The molecule has 0 aromatic heterocycles. The second kappa shape index (κ2) is 4.61. The van der Waals surface area contributed by atoms with Crippen molar-refractivity contribution in [2.75, 3.05) is 0 Å². The molecule has 1 radical (unpaired) electrons. The SMILES string of the molecule is CC(=O)OC1(C)C(C)=C(C)C(C)=C1C.[Rh]. The van der Waals surface area contributed by atoms with Gasteiger partial charge in [-0.2, -0.15) is 0 Å². The normalized spacial score (nSPS) is 19.1. The molecule has 0 unspecified atom stereocenters. The van der Waals surface area contributed by atoms with Gasteiger partial charge in [0.2, 0.25) is 0 Å². The zero-order chi connectivity index (χ0) is 11.1. The Morgan fingerprint density at radius 3 is 1.67 bits per heavy atom. The van der Waals surface area contributed by atoms with E-state index in [1.807, 2.05) is 20.8 Å². The molecular weight excluding hydrogens is 279 g/mol. The summed E-state index contributed by atoms with van der Waals surface area (Å²) in [6, 6.07) is 0. The summed E-state index contributed by atoms with van der Waals surface area (Å²) in [5, 5.41) is 0. The van der Waals surface area contributed by atoms with Crippen LogP contribution in [0.1, 0.15) is 41.5 Å². The maximum absolute atomic E-state index is 11.0. The molecule has 0 aliphatic heterocycles. The quantitative estimate of drug-likeness (QED) is 0.549. The van der Waals surface area contributed by atoms with Gasteiger partial charge in [0.05, 0.1) is 0 Å². The van der Waals surface area contributed by atoms with E-state index in [0.717, 1.165) is 11.1 Å². The van der Waals surface area contributed by atoms with Crippen molar-refractivity contribution >= 4 is 5.97 Å². The third kappa shape index (κ3) is 2.23. The second-order valence-electron chi connectivity index (χ2n) is 4.13. The van der Waals surface area contributed by atoms with Crippen molar-refractivity contribution in [1.82, 2.24) is 0 Å². The van der Waals surface area contributed by atoms with E-state index in [2.05, 4.69) is 13.8 Å². The standard InChI is InChI=1S/C12H18O2.Rh/c1-7-8(2)10(4)12(6,9(7)3)14-11(5)13;/h1-6H3;. The summed E-state index contributed by atoms with van der Waals surface area (Å²) in [4.78, 5) is 11.0. The predicted octanol–water partition coefficient (Wildman–Crippen LogP) is 2.99. The van der Waals surface area contributed by atoms with Crippen LogP contribution in [0.5, 0.6) is 0 Å². The average molecular weight is 297 g/mol. The Morgan fingerprint density at radius 2 is 1.40 bits per heavy atom. The molecule has 0 N–H and O–H groups in total. The van der Waals surface area contributed by atoms with Crippen LogP contribution in [0.4, 0.5) is 0 Å². The zero-order valence-corrected chi connectivity index (χ0v) is 11.8. The van der Waals surface area contributed by atoms with Crippen LogP contribution in [0.2, 0.25) is 0 Å². The minimum absolute atomic E-state index is 0. The Morgan fingerprint density at radius 1 is 1.07 bits per heavy atom. The summed E-state index contributed by atoms with van der Waals surface area (Å²) in [5.41, 5.74) is 4.25. The molecule has 3 heteroatoms. The van der Waals surface area contributed by atoms with Crippen molar-refractivity contribution in [2.24, 2.45) is 0 Å². The van der Waals surface area contributed by atoms with Crippen LogP contribution in [0.3, 0.4) is 0 Å². The van der Waals surface area contributed by atoms with Gasteiger partial charge in [-0.15, -0.1) is 0 Å². The van der Waals surface area contributed by atoms with Crippen molar-refractivity contribution in [1.29, 1.82) is 0 Å². The van der Waals surface area contributed by atoms with Gasteiger partial charge in [-0.25, -0.2) is 0 Å². The van der Waals surface area contributed by atoms with Gasteiger partial charge in [-0.1, -0.05) is 0 Å². The van der Waals surface area contributed by atoms with Gasteiger partial charge in [0.25, 0.3) is 0 Å². The fourth-order valence-corrected chi connectivity index (χ4v) is 2.00. The van der Waals surface area contributed by atoms with Crippen molar-refractivity contribution in [3.05, 3.63) is 22.3 Å². The Labute approximate surface area is 105 Å². The molecule has 0 saturated carbocycles. The van der Waals surface area contributed by atoms with Crippen LogP contribution in [0.25, 0.3) is 0 Å². The van der Waals surface area contributed by atoms with Crippen molar-refractivity contribution < 1.29 is 29.0 Å². The number of esters is 1. The van der Waals surface area contributed by atoms with Crippen LogP contribution in [0, 0.1) is 0 Å². The van der Waals surface area contributed by atoms with Crippen LogP contribution in [-0.2, 0) is 29.0 Å². The number of rotatable bonds is 1. The van der Waals surface area contributed by atoms with Crippen molar-refractivity contribution in [2.45, 2.75) is 47.1 Å². The van der Waals surface area contributed by atoms with Crippen LogP contribution in [-0.4, -0.2) is 11.6 Å². The fraction of sp³-hybridized carbons (Fsp3) is 0.583. The van der Waals surface area contributed by atoms with Crippen molar-refractivity contribution in [3.8, 4) is 0 Å². The topological polar surface area (TPSA) is 26.3 Å². The second-order valence-corrected chi connectivity index (χ2v) is 4.13. The molecule has 0 saturated heterocycles. The van der Waals surface area contributed by atoms with Crippen LogP contribution in [0.15, 0.2) is 22.3 Å². The summed E-state index contributed by atoms with van der Waals surface area (Å²) in [6.45, 7) is 11.6. The summed E-state index contributed by atoms with van der Waals surface area (Å²) in [7, 11) is 0. The third-order valence-electron chi connectivity index (χ3n) is 3.47. The monoisotopic (exact) mass is 297 g/mol. The molecule has 0 bridgehead atoms. The van der Waals surface area contributed by atoms with E-state index >= 15 is 0 Å². The van der Waals surface area contributed by atoms with Gasteiger partial charge in [0, 0.05) is 26.4 Å². The van der Waals surface area contributed by atoms with Gasteiger partial charge >= 0.3 is 5.97 Å². The molecule has 0 atom stereocenters. The van der Waals surface area contributed by atoms with E-state index in [1.165, 1.54) is 18.1 Å². The fourth-order valence-electron chi connectivity index (χ4n) is 2.00. The molecule has 2 nitrogen and oxygen atoms in total. The Balaban J connectivity index is 0.00000196. The minimum Gasteiger partial charge on any atom is -0.450 e. The minimum atomic E-state index is -0.514. The first kappa shape index (κ1) is 14.6. The Hall–Kier alpha value is -0.427. The molecule has 0 aromatic carbocycles. The largest absolute Gasteiger partial charge is 0.450 e. The molecule has 0 fully saturated rings. The maximum atomic E-state index is 11.0. The first-order chi connectivity index (χ1) is 6.30. The number of allylic oxidation sites excluding steroid dienone is 2. The van der Waals surface area contributed by atoms with Gasteiger partial charge < -0.3 is 4.74 Å². The molecule has 87 valence electrons. The van der Waals surface area contributed by atoms with Gasteiger partial charge in [0.15, 0.2) is 5.60 Å². The third-order valence-corrected chi connectivity index (χ3v) is 3.47. The van der Waals surface area contributed by atoms with E-state index < -0.39 is 5.60 Å². The first-order valence-electron chi connectivity index (χ1n) is 4.86. The number of ether oxygens (including phenoxy) is 1. The molecule has 0 aromatic rings. The Kier molecular flexibility index (Phi) is 4.48. The predicted molar refractivity (Wildman–Crippen MR) is 56.9 cm³/mol. The zero-order valence-electron chi connectivity index (χ0n) is 10.1. The average Bonchev–Trinajstić information content (AvgIpc) is 2.21. The summed E-state index contributed by atoms with van der Waals surface area (Å²) >= 11 is 0. The van der Waals surface area contributed by atoms with E-state index in [9.17, 15) is 4.79 Å². The smallest absolute Gasteiger partial charge is 0.303 e. The van der Waals surface area contributed by atoms with Crippen LogP contribution < -0.4 is 0 Å². The Bertz CT molecular complexity index is 327. The number of carbonyl (C=O) groups excluding carboxylic acids is 1. The summed E-state index contributed by atoms with van der Waals surface area (Å²) in [6.07, 6.45) is 0. The summed E-state index contributed by atoms with van der Waals surface area (Å²) < 4.78 is 5.41. The molecule has 1 aliphatic rings.